The molecule has 0 unspecified atom stereocenters. The molecule has 1 N–H and O–H groups in total. The van der Waals surface area contributed by atoms with Gasteiger partial charge < -0.3 is 9.80 Å². The lowest BCUT2D eigenvalue weighted by molar-refractivity contribution is 0.254. The van der Waals surface area contributed by atoms with Crippen LogP contribution in [0.1, 0.15) is 26.2 Å². The molecule has 8 heteroatoms. The molecule has 2 fully saturated rings. The summed E-state index contributed by atoms with van der Waals surface area (Å²) in [5, 5.41) is 2.88. The molecule has 2 aromatic rings. The molecule has 146 valence electrons. The Morgan fingerprint density at radius 1 is 1.11 bits per heavy atom. The van der Waals surface area contributed by atoms with Crippen molar-refractivity contribution >= 4 is 29.2 Å². The maximum absolute atomic E-state index is 13.1. The number of fused-ring (bicyclic) bond motifs is 4. The van der Waals surface area contributed by atoms with Crippen LogP contribution in [0.5, 0.6) is 0 Å². The molecule has 28 heavy (non-hydrogen) atoms. The summed E-state index contributed by atoms with van der Waals surface area (Å²) in [6.07, 6.45) is 8.04. The first kappa shape index (κ1) is 17.2. The number of aromatic nitrogens is 3. The molecule has 0 spiro atoms. The molecule has 2 bridgehead atoms. The topological polar surface area (TPSA) is 77.5 Å². The number of urea groups is 1. The first-order valence-corrected chi connectivity index (χ1v) is 10.1. The monoisotopic (exact) mass is 379 g/mol. The molecule has 0 aliphatic carbocycles. The molecule has 0 saturated carbocycles. The molecule has 5 rings (SSSR count). The number of nitrogens with zero attached hydrogens (tertiary/aromatic N) is 6. The third-order valence-corrected chi connectivity index (χ3v) is 6.06. The van der Waals surface area contributed by atoms with Crippen molar-refractivity contribution in [2.24, 2.45) is 5.92 Å². The molecule has 3 aliphatic heterocycles. The van der Waals surface area contributed by atoms with E-state index in [1.807, 2.05) is 4.90 Å². The lowest BCUT2D eigenvalue weighted by atomic mass is 9.99. The average Bonchev–Trinajstić information content (AvgIpc) is 3.13. The Morgan fingerprint density at radius 2 is 1.93 bits per heavy atom. The molecule has 2 saturated heterocycles. The fourth-order valence-corrected chi connectivity index (χ4v) is 4.41. The van der Waals surface area contributed by atoms with E-state index >= 15 is 0 Å². The largest absolute Gasteiger partial charge is 0.366 e. The maximum Gasteiger partial charge on any atom is 0.329 e. The predicted octanol–water partition coefficient (Wildman–Crippen LogP) is 2.74. The summed E-state index contributed by atoms with van der Waals surface area (Å²) in [5.74, 6) is 2.94. The zero-order valence-corrected chi connectivity index (χ0v) is 16.1. The Labute approximate surface area is 164 Å². The number of nitrogens with one attached hydrogen (secondary N) is 1. The maximum atomic E-state index is 13.1. The Balaban J connectivity index is 1.46. The van der Waals surface area contributed by atoms with Crippen molar-refractivity contribution in [2.75, 3.05) is 46.2 Å². The molecular weight excluding hydrogens is 354 g/mol. The van der Waals surface area contributed by atoms with Gasteiger partial charge in [-0.25, -0.2) is 14.8 Å². The Morgan fingerprint density at radius 3 is 2.71 bits per heavy atom. The van der Waals surface area contributed by atoms with Gasteiger partial charge in [0, 0.05) is 38.6 Å². The zero-order valence-electron chi connectivity index (χ0n) is 16.1. The van der Waals surface area contributed by atoms with E-state index in [-0.39, 0.29) is 12.1 Å². The van der Waals surface area contributed by atoms with E-state index in [1.54, 1.807) is 18.6 Å². The van der Waals surface area contributed by atoms with Crippen molar-refractivity contribution in [1.29, 1.82) is 0 Å². The molecule has 5 heterocycles. The van der Waals surface area contributed by atoms with Crippen LogP contribution < -0.4 is 20.0 Å². The van der Waals surface area contributed by atoms with Crippen molar-refractivity contribution in [1.82, 2.24) is 15.0 Å². The van der Waals surface area contributed by atoms with Gasteiger partial charge in [0.2, 0.25) is 0 Å². The van der Waals surface area contributed by atoms with Crippen LogP contribution in [0.25, 0.3) is 0 Å². The minimum Gasteiger partial charge on any atom is -0.366 e. The molecule has 2 aromatic heterocycles. The lowest BCUT2D eigenvalue weighted by Crippen LogP contribution is -2.48. The molecule has 0 aromatic carbocycles. The molecule has 8 nitrogen and oxygen atoms in total. The number of hydrogen-bond acceptors (Lipinski definition) is 6. The van der Waals surface area contributed by atoms with Gasteiger partial charge in [0.25, 0.3) is 0 Å². The van der Waals surface area contributed by atoms with Crippen LogP contribution in [0, 0.1) is 5.92 Å². The Hall–Kier alpha value is -2.90. The van der Waals surface area contributed by atoms with Crippen LogP contribution in [0.2, 0.25) is 0 Å². The normalized spacial score (nSPS) is 21.6. The van der Waals surface area contributed by atoms with Gasteiger partial charge >= 0.3 is 6.03 Å². The number of carbonyl (C=O) groups is 1. The molecular formula is C20H25N7O. The minimum atomic E-state index is -0.190. The third kappa shape index (κ3) is 3.02. The van der Waals surface area contributed by atoms with E-state index in [0.29, 0.717) is 5.82 Å². The molecule has 2 amide bonds. The molecule has 3 aliphatic rings. The average molecular weight is 379 g/mol. The third-order valence-electron chi connectivity index (χ3n) is 6.06. The Bertz CT molecular complexity index is 866. The minimum absolute atomic E-state index is 0.133. The highest BCUT2D eigenvalue weighted by Crippen LogP contribution is 2.40. The number of rotatable bonds is 2. The van der Waals surface area contributed by atoms with Gasteiger partial charge in [0.15, 0.2) is 11.6 Å². The summed E-state index contributed by atoms with van der Waals surface area (Å²) in [6.45, 7) is 6.15. The van der Waals surface area contributed by atoms with Crippen LogP contribution in [-0.2, 0) is 0 Å². The van der Waals surface area contributed by atoms with E-state index in [1.165, 1.54) is 12.8 Å². The van der Waals surface area contributed by atoms with Crippen LogP contribution in [0.4, 0.5) is 27.9 Å². The summed E-state index contributed by atoms with van der Waals surface area (Å²) in [5.41, 5.74) is 1.04. The summed E-state index contributed by atoms with van der Waals surface area (Å²) in [7, 11) is 0. The summed E-state index contributed by atoms with van der Waals surface area (Å²) >= 11 is 0. The number of hydrogen-bond donors (Lipinski definition) is 1. The fraction of sp³-hybridized carbons (Fsp3) is 0.500. The smallest absolute Gasteiger partial charge is 0.329 e. The summed E-state index contributed by atoms with van der Waals surface area (Å²) in [4.78, 5) is 32.8. The fourth-order valence-electron chi connectivity index (χ4n) is 4.41. The second-order valence-electron chi connectivity index (χ2n) is 7.96. The quantitative estimate of drug-likeness (QED) is 0.865. The van der Waals surface area contributed by atoms with E-state index in [4.69, 9.17) is 4.98 Å². The van der Waals surface area contributed by atoms with Crippen molar-refractivity contribution < 1.29 is 4.79 Å². The van der Waals surface area contributed by atoms with Gasteiger partial charge in [-0.05, 0) is 37.3 Å². The standard InChI is InChI=1S/C20H25N7O/c1-14-4-9-25(10-5-14)18-3-2-16-19(24-18)27(15-6-11-26(16)13-15)20(28)23-17-12-21-7-8-22-17/h2-3,7-8,12,14-15H,4-6,9-11,13H2,1H3,(H,22,23,28)/t15-/m0/s1. The van der Waals surface area contributed by atoms with Gasteiger partial charge in [0.1, 0.15) is 5.82 Å². The second kappa shape index (κ2) is 6.92. The highest BCUT2D eigenvalue weighted by atomic mass is 16.2. The van der Waals surface area contributed by atoms with Crippen molar-refractivity contribution in [3.05, 3.63) is 30.7 Å². The number of pyridine rings is 1. The van der Waals surface area contributed by atoms with Crippen LogP contribution >= 0.6 is 0 Å². The molecule has 1 atom stereocenters. The summed E-state index contributed by atoms with van der Waals surface area (Å²) < 4.78 is 0. The van der Waals surface area contributed by atoms with Crippen molar-refractivity contribution in [3.63, 3.8) is 0 Å². The van der Waals surface area contributed by atoms with Gasteiger partial charge in [-0.3, -0.25) is 15.2 Å². The van der Waals surface area contributed by atoms with Crippen LogP contribution in [-0.4, -0.2) is 53.2 Å². The predicted molar refractivity (Wildman–Crippen MR) is 109 cm³/mol. The zero-order chi connectivity index (χ0) is 19.1. The van der Waals surface area contributed by atoms with E-state index in [0.717, 1.165) is 55.8 Å². The van der Waals surface area contributed by atoms with Crippen LogP contribution in [0.3, 0.4) is 0 Å². The Kier molecular flexibility index (Phi) is 4.26. The summed E-state index contributed by atoms with van der Waals surface area (Å²) in [6, 6.07) is 4.17. The van der Waals surface area contributed by atoms with Crippen LogP contribution in [0.15, 0.2) is 30.7 Å². The number of anilines is 4. The first-order valence-electron chi connectivity index (χ1n) is 10.1. The highest BCUT2D eigenvalue weighted by molar-refractivity contribution is 6.04. The first-order chi connectivity index (χ1) is 13.7. The lowest BCUT2D eigenvalue weighted by Gasteiger charge is -2.37. The highest BCUT2D eigenvalue weighted by Gasteiger charge is 2.40. The van der Waals surface area contributed by atoms with Gasteiger partial charge in [-0.15, -0.1) is 0 Å². The van der Waals surface area contributed by atoms with Crippen molar-refractivity contribution in [3.8, 4) is 0 Å². The molecule has 0 radical (unpaired) electrons. The SMILES string of the molecule is CC1CCN(c2ccc3c(n2)N(C(=O)Nc2cnccn2)[C@H]2CCN3C2)CC1. The van der Waals surface area contributed by atoms with E-state index < -0.39 is 0 Å². The van der Waals surface area contributed by atoms with E-state index in [9.17, 15) is 4.79 Å². The number of amides is 2. The van der Waals surface area contributed by atoms with E-state index in [2.05, 4.69) is 44.1 Å². The number of piperidine rings is 1. The second-order valence-corrected chi connectivity index (χ2v) is 7.96. The van der Waals surface area contributed by atoms with Gasteiger partial charge in [-0.2, -0.15) is 0 Å². The van der Waals surface area contributed by atoms with Gasteiger partial charge in [-0.1, -0.05) is 6.92 Å². The number of carbonyl (C=O) groups excluding carboxylic acids is 1. The van der Waals surface area contributed by atoms with Gasteiger partial charge in [0.05, 0.1) is 17.9 Å². The van der Waals surface area contributed by atoms with Crippen molar-refractivity contribution in [2.45, 2.75) is 32.2 Å².